The van der Waals surface area contributed by atoms with Crippen molar-refractivity contribution in [3.8, 4) is 17.2 Å². The largest absolute Gasteiger partial charge is 0.494 e. The summed E-state index contributed by atoms with van der Waals surface area (Å²) in [7, 11) is 1.63. The van der Waals surface area contributed by atoms with Crippen molar-refractivity contribution >= 4 is 16.6 Å². The predicted octanol–water partition coefficient (Wildman–Crippen LogP) is 3.62. The molecule has 3 aromatic rings. The monoisotopic (exact) mass is 266 g/mol. The molecule has 2 aromatic carbocycles. The molecule has 0 aliphatic heterocycles. The third kappa shape index (κ3) is 2.23. The van der Waals surface area contributed by atoms with Crippen LogP contribution in [0.1, 0.15) is 0 Å². The average molecular weight is 266 g/mol. The number of methoxy groups -OCH3 is 1. The van der Waals surface area contributed by atoms with Gasteiger partial charge in [-0.2, -0.15) is 0 Å². The molecule has 0 saturated heterocycles. The van der Waals surface area contributed by atoms with Crippen LogP contribution in [0.3, 0.4) is 0 Å². The number of rotatable bonds is 3. The van der Waals surface area contributed by atoms with Crippen LogP contribution in [-0.4, -0.2) is 12.1 Å². The Morgan fingerprint density at radius 2 is 1.75 bits per heavy atom. The van der Waals surface area contributed by atoms with E-state index >= 15 is 0 Å². The molecular formula is C16H14N2O2. The lowest BCUT2D eigenvalue weighted by molar-refractivity contribution is 0.418. The SMILES string of the molecule is COc1cccc2c(Oc3ccc(N)cc3)ccnc12. The Balaban J connectivity index is 2.05. The second-order valence-electron chi connectivity index (χ2n) is 4.34. The fourth-order valence-electron chi connectivity index (χ4n) is 2.04. The zero-order valence-corrected chi connectivity index (χ0v) is 11.0. The quantitative estimate of drug-likeness (QED) is 0.736. The highest BCUT2D eigenvalue weighted by molar-refractivity contribution is 5.89. The molecule has 4 heteroatoms. The van der Waals surface area contributed by atoms with E-state index in [2.05, 4.69) is 4.98 Å². The van der Waals surface area contributed by atoms with Crippen LogP contribution in [0.15, 0.2) is 54.7 Å². The molecule has 0 aliphatic rings. The van der Waals surface area contributed by atoms with E-state index in [1.165, 1.54) is 0 Å². The van der Waals surface area contributed by atoms with Crippen molar-refractivity contribution in [3.05, 3.63) is 54.7 Å². The van der Waals surface area contributed by atoms with Gasteiger partial charge in [-0.1, -0.05) is 6.07 Å². The number of aromatic nitrogens is 1. The number of benzene rings is 2. The first-order chi connectivity index (χ1) is 9.78. The maximum Gasteiger partial charge on any atom is 0.145 e. The van der Waals surface area contributed by atoms with E-state index in [1.807, 2.05) is 36.4 Å². The number of nitrogens with zero attached hydrogens (tertiary/aromatic N) is 1. The van der Waals surface area contributed by atoms with Crippen LogP contribution >= 0.6 is 0 Å². The number of hydrogen-bond acceptors (Lipinski definition) is 4. The lowest BCUT2D eigenvalue weighted by Gasteiger charge is -2.10. The molecule has 20 heavy (non-hydrogen) atoms. The minimum absolute atomic E-state index is 0.707. The van der Waals surface area contributed by atoms with E-state index in [0.717, 1.165) is 28.2 Å². The standard InChI is InChI=1S/C16H14N2O2/c1-19-15-4-2-3-13-14(9-10-18-16(13)15)20-12-7-5-11(17)6-8-12/h2-10H,17H2,1H3. The first kappa shape index (κ1) is 12.3. The third-order valence-electron chi connectivity index (χ3n) is 3.02. The van der Waals surface area contributed by atoms with Crippen molar-refractivity contribution in [1.29, 1.82) is 0 Å². The Hall–Kier alpha value is -2.75. The molecule has 0 amide bonds. The highest BCUT2D eigenvalue weighted by Crippen LogP contribution is 2.32. The lowest BCUT2D eigenvalue weighted by atomic mass is 10.2. The Morgan fingerprint density at radius 3 is 2.50 bits per heavy atom. The van der Waals surface area contributed by atoms with Crippen LogP contribution in [0.2, 0.25) is 0 Å². The maximum atomic E-state index is 5.90. The summed E-state index contributed by atoms with van der Waals surface area (Å²) in [6.45, 7) is 0. The van der Waals surface area contributed by atoms with Crippen molar-refractivity contribution in [2.45, 2.75) is 0 Å². The van der Waals surface area contributed by atoms with Crippen LogP contribution in [-0.2, 0) is 0 Å². The van der Waals surface area contributed by atoms with Gasteiger partial charge in [0.05, 0.1) is 7.11 Å². The number of nitrogen functional groups attached to an aromatic ring is 1. The van der Waals surface area contributed by atoms with E-state index in [-0.39, 0.29) is 0 Å². The highest BCUT2D eigenvalue weighted by Gasteiger charge is 2.08. The molecular weight excluding hydrogens is 252 g/mol. The molecule has 0 saturated carbocycles. The van der Waals surface area contributed by atoms with E-state index in [9.17, 15) is 0 Å². The summed E-state index contributed by atoms with van der Waals surface area (Å²) in [5, 5.41) is 0.906. The van der Waals surface area contributed by atoms with Crippen molar-refractivity contribution in [2.75, 3.05) is 12.8 Å². The number of nitrogens with two attached hydrogens (primary N) is 1. The Labute approximate surface area is 116 Å². The van der Waals surface area contributed by atoms with Gasteiger partial charge in [0.2, 0.25) is 0 Å². The minimum atomic E-state index is 0.707. The average Bonchev–Trinajstić information content (AvgIpc) is 2.49. The predicted molar refractivity (Wildman–Crippen MR) is 79.2 cm³/mol. The summed E-state index contributed by atoms with van der Waals surface area (Å²) >= 11 is 0. The first-order valence-corrected chi connectivity index (χ1v) is 6.23. The highest BCUT2D eigenvalue weighted by atomic mass is 16.5. The summed E-state index contributed by atoms with van der Waals surface area (Å²) in [4.78, 5) is 4.34. The molecule has 1 aromatic heterocycles. The molecule has 100 valence electrons. The molecule has 0 radical (unpaired) electrons. The van der Waals surface area contributed by atoms with Gasteiger partial charge in [-0.3, -0.25) is 4.98 Å². The number of ether oxygens (including phenoxy) is 2. The Kier molecular flexibility index (Phi) is 3.13. The molecule has 0 fully saturated rings. The molecule has 0 bridgehead atoms. The van der Waals surface area contributed by atoms with Gasteiger partial charge >= 0.3 is 0 Å². The van der Waals surface area contributed by atoms with Gasteiger partial charge in [0.15, 0.2) is 0 Å². The smallest absolute Gasteiger partial charge is 0.145 e. The van der Waals surface area contributed by atoms with Gasteiger partial charge in [0, 0.05) is 17.3 Å². The first-order valence-electron chi connectivity index (χ1n) is 6.23. The number of anilines is 1. The van der Waals surface area contributed by atoms with Gasteiger partial charge in [-0.15, -0.1) is 0 Å². The molecule has 0 aliphatic carbocycles. The minimum Gasteiger partial charge on any atom is -0.494 e. The number of fused-ring (bicyclic) bond motifs is 1. The summed E-state index contributed by atoms with van der Waals surface area (Å²) in [5.74, 6) is 2.19. The summed E-state index contributed by atoms with van der Waals surface area (Å²) < 4.78 is 11.2. The molecule has 4 nitrogen and oxygen atoms in total. The number of pyridine rings is 1. The molecule has 0 unspecified atom stereocenters. The van der Waals surface area contributed by atoms with Crippen LogP contribution in [0.5, 0.6) is 17.2 Å². The molecule has 2 N–H and O–H groups in total. The van der Waals surface area contributed by atoms with Crippen molar-refractivity contribution in [3.63, 3.8) is 0 Å². The van der Waals surface area contributed by atoms with Gasteiger partial charge in [-0.25, -0.2) is 0 Å². The van der Waals surface area contributed by atoms with Crippen molar-refractivity contribution in [2.24, 2.45) is 0 Å². The van der Waals surface area contributed by atoms with E-state index < -0.39 is 0 Å². The zero-order chi connectivity index (χ0) is 13.9. The van der Waals surface area contributed by atoms with Gasteiger partial charge in [-0.05, 0) is 42.5 Å². The van der Waals surface area contributed by atoms with Crippen LogP contribution in [0.25, 0.3) is 10.9 Å². The summed E-state index contributed by atoms with van der Waals surface area (Å²) in [5.41, 5.74) is 7.15. The van der Waals surface area contributed by atoms with Gasteiger partial charge in [0.1, 0.15) is 22.8 Å². The van der Waals surface area contributed by atoms with Crippen LogP contribution in [0.4, 0.5) is 5.69 Å². The molecule has 0 atom stereocenters. The third-order valence-corrected chi connectivity index (χ3v) is 3.02. The molecule has 3 rings (SSSR count). The topological polar surface area (TPSA) is 57.4 Å². The Bertz CT molecular complexity index is 739. The van der Waals surface area contributed by atoms with Crippen LogP contribution < -0.4 is 15.2 Å². The van der Waals surface area contributed by atoms with E-state index in [4.69, 9.17) is 15.2 Å². The summed E-state index contributed by atoms with van der Waals surface area (Å²) in [6.07, 6.45) is 1.71. The van der Waals surface area contributed by atoms with Gasteiger partial charge in [0.25, 0.3) is 0 Å². The maximum absolute atomic E-state index is 5.90. The van der Waals surface area contributed by atoms with Gasteiger partial charge < -0.3 is 15.2 Å². The number of hydrogen-bond donors (Lipinski definition) is 1. The fourth-order valence-corrected chi connectivity index (χ4v) is 2.04. The fraction of sp³-hybridized carbons (Fsp3) is 0.0625. The normalized spacial score (nSPS) is 10.4. The summed E-state index contributed by atoms with van der Waals surface area (Å²) in [6, 6.07) is 14.9. The second kappa shape index (κ2) is 5.09. The second-order valence-corrected chi connectivity index (χ2v) is 4.34. The Morgan fingerprint density at radius 1 is 0.950 bits per heavy atom. The van der Waals surface area contributed by atoms with Crippen molar-refractivity contribution in [1.82, 2.24) is 4.98 Å². The van der Waals surface area contributed by atoms with E-state index in [1.54, 1.807) is 25.4 Å². The molecule has 1 heterocycles. The lowest BCUT2D eigenvalue weighted by Crippen LogP contribution is -1.91. The van der Waals surface area contributed by atoms with Crippen LogP contribution in [0, 0.1) is 0 Å². The molecule has 0 spiro atoms. The number of para-hydroxylation sites is 1. The zero-order valence-electron chi connectivity index (χ0n) is 11.0. The van der Waals surface area contributed by atoms with E-state index in [0.29, 0.717) is 5.69 Å². The van der Waals surface area contributed by atoms with Crippen molar-refractivity contribution < 1.29 is 9.47 Å².